The van der Waals surface area contributed by atoms with E-state index in [1.54, 1.807) is 0 Å². The molecular weight excluding hydrogens is 341 g/mol. The molecule has 1 atom stereocenters. The number of nitrogens with one attached hydrogen (secondary N) is 1. The van der Waals surface area contributed by atoms with E-state index in [-0.39, 0.29) is 12.4 Å². The van der Waals surface area contributed by atoms with Crippen LogP contribution in [0.4, 0.5) is 13.2 Å². The highest BCUT2D eigenvalue weighted by molar-refractivity contribution is 7.95. The fourth-order valence-electron chi connectivity index (χ4n) is 2.52. The number of allylic oxidation sites excluding steroid dienone is 1. The Kier molecular flexibility index (Phi) is 5.39. The van der Waals surface area contributed by atoms with Gasteiger partial charge in [0.25, 0.3) is 0 Å². The number of hydrogen-bond donors (Lipinski definition) is 1. The van der Waals surface area contributed by atoms with Gasteiger partial charge in [-0.25, -0.2) is 0 Å². The quantitative estimate of drug-likeness (QED) is 0.668. The van der Waals surface area contributed by atoms with Crippen LogP contribution in [0.2, 0.25) is 0 Å². The van der Waals surface area contributed by atoms with Crippen molar-refractivity contribution in [3.63, 3.8) is 0 Å². The maximum atomic E-state index is 13.1. The summed E-state index contributed by atoms with van der Waals surface area (Å²) < 4.78 is 51.2. The summed E-state index contributed by atoms with van der Waals surface area (Å²) in [6, 6.07) is 0. The van der Waals surface area contributed by atoms with Crippen LogP contribution >= 0.6 is 12.4 Å². The Hall–Kier alpha value is -0.800. The minimum absolute atomic E-state index is 0. The van der Waals surface area contributed by atoms with Gasteiger partial charge in [-0.05, 0) is 19.9 Å². The van der Waals surface area contributed by atoms with E-state index in [0.29, 0.717) is 43.4 Å². The van der Waals surface area contributed by atoms with E-state index in [0.717, 1.165) is 19.5 Å². The van der Waals surface area contributed by atoms with Crippen molar-refractivity contribution in [2.24, 2.45) is 4.40 Å². The van der Waals surface area contributed by atoms with Crippen LogP contribution in [-0.4, -0.2) is 61.0 Å². The van der Waals surface area contributed by atoms with Gasteiger partial charge in [0.05, 0.1) is 6.61 Å². The summed E-state index contributed by atoms with van der Waals surface area (Å²) in [4.78, 5) is 4.06. The van der Waals surface area contributed by atoms with Gasteiger partial charge >= 0.3 is 16.8 Å². The summed E-state index contributed by atoms with van der Waals surface area (Å²) in [5.74, 6) is 0.885. The fraction of sp³-hybridized carbons (Fsp3) is 0.750. The monoisotopic (exact) mass is 359 g/mol. The number of likely N-dealkylation sites (N-methyl/N-ethyl adjacent to an activating group) is 1. The van der Waals surface area contributed by atoms with Crippen LogP contribution in [0.1, 0.15) is 12.8 Å². The Balaban J connectivity index is 0.00000176. The summed E-state index contributed by atoms with van der Waals surface area (Å²) >= 11 is -2.18. The Morgan fingerprint density at radius 1 is 1.23 bits per heavy atom. The molecule has 126 valence electrons. The molecule has 0 aromatic carbocycles. The second-order valence-corrected chi connectivity index (χ2v) is 6.72. The molecule has 1 N–H and O–H groups in total. The minimum atomic E-state index is -4.37. The number of halogens is 4. The number of amidine groups is 1. The van der Waals surface area contributed by atoms with Gasteiger partial charge in [0.2, 0.25) is 5.84 Å². The largest absolute Gasteiger partial charge is 0.629 e. The van der Waals surface area contributed by atoms with Crippen LogP contribution < -0.4 is 4.72 Å². The smallest absolute Gasteiger partial charge is 0.488 e. The molecule has 22 heavy (non-hydrogen) atoms. The molecule has 0 aromatic heterocycles. The van der Waals surface area contributed by atoms with E-state index >= 15 is 0 Å². The lowest BCUT2D eigenvalue weighted by molar-refractivity contribution is -0.0379. The lowest BCUT2D eigenvalue weighted by atomic mass is 10.1. The zero-order chi connectivity index (χ0) is 15.0. The summed E-state index contributed by atoms with van der Waals surface area (Å²) in [7, 11) is 2.00. The summed E-state index contributed by atoms with van der Waals surface area (Å²) in [5, 5.41) is 0. The van der Waals surface area contributed by atoms with Gasteiger partial charge in [0.1, 0.15) is 5.70 Å². The molecule has 3 aliphatic rings. The first-order chi connectivity index (χ1) is 9.95. The van der Waals surface area contributed by atoms with Crippen molar-refractivity contribution in [2.45, 2.75) is 18.3 Å². The summed E-state index contributed by atoms with van der Waals surface area (Å²) in [5.41, 5.74) is -3.82. The predicted molar refractivity (Wildman–Crippen MR) is 82.5 cm³/mol. The van der Waals surface area contributed by atoms with Crippen LogP contribution in [0.25, 0.3) is 0 Å². The number of piperazine rings is 1. The van der Waals surface area contributed by atoms with E-state index in [9.17, 15) is 13.2 Å². The SMILES string of the molecule is CN1CCN(C2=N[S+](C(F)(F)F)NC3=C2OCCC3)CC1.Cl. The van der Waals surface area contributed by atoms with Gasteiger partial charge in [-0.3, -0.25) is 0 Å². The zero-order valence-electron chi connectivity index (χ0n) is 12.2. The van der Waals surface area contributed by atoms with Gasteiger partial charge in [0.15, 0.2) is 5.76 Å². The van der Waals surface area contributed by atoms with Crippen LogP contribution in [0, 0.1) is 0 Å². The van der Waals surface area contributed by atoms with Crippen molar-refractivity contribution in [2.75, 3.05) is 39.8 Å². The molecule has 5 nitrogen and oxygen atoms in total. The van der Waals surface area contributed by atoms with Gasteiger partial charge in [-0.15, -0.1) is 25.6 Å². The molecule has 1 unspecified atom stereocenters. The van der Waals surface area contributed by atoms with E-state index < -0.39 is 16.8 Å². The molecule has 0 radical (unpaired) electrons. The van der Waals surface area contributed by atoms with Crippen LogP contribution in [0.15, 0.2) is 15.9 Å². The third-order valence-electron chi connectivity index (χ3n) is 3.71. The normalized spacial score (nSPS) is 26.5. The minimum Gasteiger partial charge on any atom is -0.488 e. The maximum absolute atomic E-state index is 13.1. The molecule has 0 spiro atoms. The van der Waals surface area contributed by atoms with E-state index in [4.69, 9.17) is 4.74 Å². The first kappa shape index (κ1) is 17.6. The number of alkyl halides is 3. The van der Waals surface area contributed by atoms with Crippen molar-refractivity contribution >= 4 is 29.5 Å². The van der Waals surface area contributed by atoms with Crippen LogP contribution in [-0.2, 0) is 16.0 Å². The van der Waals surface area contributed by atoms with Gasteiger partial charge in [0, 0.05) is 30.6 Å². The zero-order valence-corrected chi connectivity index (χ0v) is 13.8. The van der Waals surface area contributed by atoms with E-state index in [1.165, 1.54) is 0 Å². The standard InChI is InChI=1S/C12H17F3N4OS.ClH/c1-18-4-6-19(7-5-18)11-10-9(3-2-8-20-10)16-21(17-11)12(13,14)15;/h2-8H2,1H3;1H/p+1. The molecule has 1 saturated heterocycles. The highest BCUT2D eigenvalue weighted by Gasteiger charge is 2.58. The lowest BCUT2D eigenvalue weighted by Gasteiger charge is -2.36. The molecule has 3 heterocycles. The van der Waals surface area contributed by atoms with Gasteiger partial charge < -0.3 is 14.5 Å². The lowest BCUT2D eigenvalue weighted by Crippen LogP contribution is -2.51. The second kappa shape index (κ2) is 6.76. The molecule has 10 heteroatoms. The molecule has 0 aliphatic carbocycles. The van der Waals surface area contributed by atoms with Crippen molar-refractivity contribution in [3.8, 4) is 0 Å². The van der Waals surface area contributed by atoms with E-state index in [1.807, 2.05) is 11.9 Å². The van der Waals surface area contributed by atoms with Crippen molar-refractivity contribution in [3.05, 3.63) is 11.5 Å². The highest BCUT2D eigenvalue weighted by atomic mass is 35.5. The number of ether oxygens (including phenoxy) is 1. The van der Waals surface area contributed by atoms with Crippen molar-refractivity contribution < 1.29 is 17.9 Å². The predicted octanol–water partition coefficient (Wildman–Crippen LogP) is 1.65. The first-order valence-corrected chi connectivity index (χ1v) is 8.10. The molecule has 3 aliphatic heterocycles. The van der Waals surface area contributed by atoms with Gasteiger partial charge in [-0.2, -0.15) is 4.72 Å². The molecule has 0 aromatic rings. The van der Waals surface area contributed by atoms with Gasteiger partial charge in [-0.1, -0.05) is 0 Å². The Morgan fingerprint density at radius 2 is 1.91 bits per heavy atom. The van der Waals surface area contributed by atoms with E-state index in [2.05, 4.69) is 14.0 Å². The Morgan fingerprint density at radius 3 is 2.55 bits per heavy atom. The van der Waals surface area contributed by atoms with Crippen molar-refractivity contribution in [1.29, 1.82) is 0 Å². The molecule has 1 fully saturated rings. The number of hydrogen-bond acceptors (Lipinski definition) is 5. The molecule has 0 saturated carbocycles. The average molecular weight is 360 g/mol. The van der Waals surface area contributed by atoms with Crippen LogP contribution in [0.3, 0.4) is 0 Å². The third kappa shape index (κ3) is 3.57. The van der Waals surface area contributed by atoms with Crippen LogP contribution in [0.5, 0.6) is 0 Å². The highest BCUT2D eigenvalue weighted by Crippen LogP contribution is 2.33. The third-order valence-corrected chi connectivity index (χ3v) is 4.95. The summed E-state index contributed by atoms with van der Waals surface area (Å²) in [6.45, 7) is 3.51. The average Bonchev–Trinajstić information content (AvgIpc) is 2.46. The fourth-order valence-corrected chi connectivity index (χ4v) is 3.58. The topological polar surface area (TPSA) is 40.1 Å². The first-order valence-electron chi connectivity index (χ1n) is 6.91. The molecule has 0 amide bonds. The number of nitrogens with zero attached hydrogens (tertiary/aromatic N) is 3. The Labute approximate surface area is 136 Å². The Bertz CT molecular complexity index is 477. The van der Waals surface area contributed by atoms with Crippen molar-refractivity contribution in [1.82, 2.24) is 14.5 Å². The second-order valence-electron chi connectivity index (χ2n) is 5.30. The summed E-state index contributed by atoms with van der Waals surface area (Å²) in [6.07, 6.45) is 1.32. The molecule has 0 bridgehead atoms. The molecule has 3 rings (SSSR count). The maximum Gasteiger partial charge on any atom is 0.629 e. The molecular formula is C12H19ClF3N4OS+. The number of rotatable bonds is 0.